The molecule has 0 spiro atoms. The van der Waals surface area contributed by atoms with Gasteiger partial charge >= 0.3 is 0 Å². The van der Waals surface area contributed by atoms with Crippen molar-refractivity contribution in [3.8, 4) is 0 Å². The van der Waals surface area contributed by atoms with Crippen LogP contribution < -0.4 is 0 Å². The third-order valence-electron chi connectivity index (χ3n) is 2.74. The van der Waals surface area contributed by atoms with Crippen LogP contribution in [0.1, 0.15) is 31.2 Å². The lowest BCUT2D eigenvalue weighted by molar-refractivity contribution is 0.0863. The van der Waals surface area contributed by atoms with Crippen LogP contribution in [0.3, 0.4) is 0 Å². The van der Waals surface area contributed by atoms with Crippen LogP contribution in [0.5, 0.6) is 0 Å². The summed E-state index contributed by atoms with van der Waals surface area (Å²) in [5.74, 6) is 0.634. The van der Waals surface area contributed by atoms with Gasteiger partial charge in [0.1, 0.15) is 12.3 Å². The van der Waals surface area contributed by atoms with Gasteiger partial charge in [-0.2, -0.15) is 0 Å². The Morgan fingerprint density at radius 2 is 2.21 bits per heavy atom. The Kier molecular flexibility index (Phi) is 3.16. The highest BCUT2D eigenvalue weighted by Gasteiger charge is 2.24. The minimum Gasteiger partial charge on any atom is -0.447 e. The summed E-state index contributed by atoms with van der Waals surface area (Å²) >= 11 is 0. The molecule has 1 aromatic heterocycles. The summed E-state index contributed by atoms with van der Waals surface area (Å²) in [5, 5.41) is 9.31. The molecule has 1 aliphatic heterocycles. The topological polar surface area (TPSA) is 49.5 Å². The van der Waals surface area contributed by atoms with E-state index in [1.54, 1.807) is 12.5 Å². The maximum absolute atomic E-state index is 9.31. The van der Waals surface area contributed by atoms with Crippen LogP contribution in [0.2, 0.25) is 0 Å². The number of aliphatic hydroxyl groups is 1. The summed E-state index contributed by atoms with van der Waals surface area (Å²) in [6.45, 7) is 2.15. The van der Waals surface area contributed by atoms with Crippen molar-refractivity contribution in [3.63, 3.8) is 0 Å². The monoisotopic (exact) mass is 196 g/mol. The molecule has 1 unspecified atom stereocenters. The van der Waals surface area contributed by atoms with E-state index in [1.807, 2.05) is 0 Å². The highest BCUT2D eigenvalue weighted by atomic mass is 16.3. The lowest BCUT2D eigenvalue weighted by atomic mass is 10.1. The quantitative estimate of drug-likeness (QED) is 0.789. The summed E-state index contributed by atoms with van der Waals surface area (Å²) in [6, 6.07) is -0.0506. The summed E-state index contributed by atoms with van der Waals surface area (Å²) < 4.78 is 5.23. The van der Waals surface area contributed by atoms with Crippen molar-refractivity contribution < 1.29 is 9.52 Å². The Hall–Kier alpha value is -0.870. The molecule has 0 amide bonds. The standard InChI is InChI=1S/C10H16N2O2/c13-8-9(10-11-4-7-14-10)12-5-2-1-3-6-12/h4,7,9,13H,1-3,5-6,8H2. The van der Waals surface area contributed by atoms with E-state index in [0.717, 1.165) is 13.1 Å². The van der Waals surface area contributed by atoms with Crippen LogP contribution in [0.25, 0.3) is 0 Å². The van der Waals surface area contributed by atoms with Crippen LogP contribution in [-0.2, 0) is 0 Å². The molecule has 78 valence electrons. The second kappa shape index (κ2) is 4.57. The molecule has 1 atom stereocenters. The van der Waals surface area contributed by atoms with E-state index in [0.29, 0.717) is 5.89 Å². The van der Waals surface area contributed by atoms with Crippen molar-refractivity contribution in [3.05, 3.63) is 18.4 Å². The maximum Gasteiger partial charge on any atom is 0.213 e. The zero-order chi connectivity index (χ0) is 9.80. The normalized spacial score (nSPS) is 20.9. The fourth-order valence-electron chi connectivity index (χ4n) is 1.98. The van der Waals surface area contributed by atoms with Crippen LogP contribution >= 0.6 is 0 Å². The molecule has 14 heavy (non-hydrogen) atoms. The van der Waals surface area contributed by atoms with Gasteiger partial charge in [0.2, 0.25) is 5.89 Å². The molecule has 1 aliphatic rings. The summed E-state index contributed by atoms with van der Waals surface area (Å²) in [5.41, 5.74) is 0. The van der Waals surface area contributed by atoms with E-state index < -0.39 is 0 Å². The molecule has 1 aromatic rings. The van der Waals surface area contributed by atoms with Crippen molar-refractivity contribution in [2.75, 3.05) is 19.7 Å². The first kappa shape index (κ1) is 9.68. The molecule has 1 fully saturated rings. The van der Waals surface area contributed by atoms with E-state index >= 15 is 0 Å². The van der Waals surface area contributed by atoms with Crippen molar-refractivity contribution >= 4 is 0 Å². The number of likely N-dealkylation sites (tertiary alicyclic amines) is 1. The lowest BCUT2D eigenvalue weighted by Gasteiger charge is -2.31. The van der Waals surface area contributed by atoms with E-state index in [9.17, 15) is 5.11 Å². The number of oxazole rings is 1. The maximum atomic E-state index is 9.31. The van der Waals surface area contributed by atoms with Crippen molar-refractivity contribution in [2.45, 2.75) is 25.3 Å². The number of rotatable bonds is 3. The highest BCUT2D eigenvalue weighted by molar-refractivity contribution is 4.92. The Morgan fingerprint density at radius 3 is 2.79 bits per heavy atom. The van der Waals surface area contributed by atoms with Crippen molar-refractivity contribution in [1.29, 1.82) is 0 Å². The average Bonchev–Trinajstić information content (AvgIpc) is 2.74. The Labute approximate surface area is 83.5 Å². The highest BCUT2D eigenvalue weighted by Crippen LogP contribution is 2.22. The molecule has 1 saturated heterocycles. The third-order valence-corrected chi connectivity index (χ3v) is 2.74. The molecule has 2 rings (SSSR count). The minimum atomic E-state index is -0.0506. The zero-order valence-corrected chi connectivity index (χ0v) is 8.22. The van der Waals surface area contributed by atoms with Gasteiger partial charge in [-0.05, 0) is 25.9 Å². The summed E-state index contributed by atoms with van der Waals surface area (Å²) in [6.07, 6.45) is 6.89. The molecular formula is C10H16N2O2. The molecular weight excluding hydrogens is 180 g/mol. The largest absolute Gasteiger partial charge is 0.447 e. The van der Waals surface area contributed by atoms with Gasteiger partial charge in [-0.1, -0.05) is 6.42 Å². The van der Waals surface area contributed by atoms with Gasteiger partial charge in [0.25, 0.3) is 0 Å². The first-order valence-corrected chi connectivity index (χ1v) is 5.16. The molecule has 2 heterocycles. The first-order chi connectivity index (χ1) is 6.92. The first-order valence-electron chi connectivity index (χ1n) is 5.16. The zero-order valence-electron chi connectivity index (χ0n) is 8.22. The molecule has 0 aromatic carbocycles. The number of hydrogen-bond donors (Lipinski definition) is 1. The number of nitrogens with zero attached hydrogens (tertiary/aromatic N) is 2. The smallest absolute Gasteiger partial charge is 0.213 e. The Morgan fingerprint density at radius 1 is 1.43 bits per heavy atom. The van der Waals surface area contributed by atoms with Crippen LogP contribution in [-0.4, -0.2) is 34.7 Å². The average molecular weight is 196 g/mol. The second-order valence-electron chi connectivity index (χ2n) is 3.67. The second-order valence-corrected chi connectivity index (χ2v) is 3.67. The number of aliphatic hydroxyl groups excluding tert-OH is 1. The fraction of sp³-hybridized carbons (Fsp3) is 0.700. The summed E-state index contributed by atoms with van der Waals surface area (Å²) in [4.78, 5) is 6.34. The van der Waals surface area contributed by atoms with Crippen LogP contribution in [0.4, 0.5) is 0 Å². The van der Waals surface area contributed by atoms with Gasteiger partial charge in [0, 0.05) is 0 Å². The molecule has 0 radical (unpaired) electrons. The SMILES string of the molecule is OCC(c1ncco1)N1CCCCC1. The molecule has 0 aliphatic carbocycles. The van der Waals surface area contributed by atoms with Gasteiger partial charge in [0.15, 0.2) is 0 Å². The lowest BCUT2D eigenvalue weighted by Crippen LogP contribution is -2.35. The minimum absolute atomic E-state index is 0.0506. The predicted octanol–water partition coefficient (Wildman–Crippen LogP) is 1.19. The van der Waals surface area contributed by atoms with Crippen molar-refractivity contribution in [2.24, 2.45) is 0 Å². The molecule has 0 saturated carbocycles. The van der Waals surface area contributed by atoms with Gasteiger partial charge in [-0.3, -0.25) is 4.90 Å². The van der Waals surface area contributed by atoms with E-state index in [2.05, 4.69) is 9.88 Å². The predicted molar refractivity (Wildman–Crippen MR) is 51.8 cm³/mol. The molecule has 1 N–H and O–H groups in total. The number of hydrogen-bond acceptors (Lipinski definition) is 4. The van der Waals surface area contributed by atoms with Crippen LogP contribution in [0, 0.1) is 0 Å². The van der Waals surface area contributed by atoms with E-state index in [-0.39, 0.29) is 12.6 Å². The van der Waals surface area contributed by atoms with E-state index in [1.165, 1.54) is 19.3 Å². The Balaban J connectivity index is 2.04. The van der Waals surface area contributed by atoms with Crippen molar-refractivity contribution in [1.82, 2.24) is 9.88 Å². The summed E-state index contributed by atoms with van der Waals surface area (Å²) in [7, 11) is 0. The van der Waals surface area contributed by atoms with Gasteiger partial charge < -0.3 is 9.52 Å². The number of aromatic nitrogens is 1. The van der Waals surface area contributed by atoms with Gasteiger partial charge in [-0.25, -0.2) is 4.98 Å². The third kappa shape index (κ3) is 1.96. The molecule has 0 bridgehead atoms. The molecule has 4 heteroatoms. The molecule has 4 nitrogen and oxygen atoms in total. The fourth-order valence-corrected chi connectivity index (χ4v) is 1.98. The van der Waals surface area contributed by atoms with Gasteiger partial charge in [-0.15, -0.1) is 0 Å². The number of piperidine rings is 1. The Bertz CT molecular complexity index is 255. The van der Waals surface area contributed by atoms with Crippen LogP contribution in [0.15, 0.2) is 16.9 Å². The van der Waals surface area contributed by atoms with Gasteiger partial charge in [0.05, 0.1) is 12.8 Å². The van der Waals surface area contributed by atoms with E-state index in [4.69, 9.17) is 4.42 Å².